The predicted octanol–water partition coefficient (Wildman–Crippen LogP) is 3.90. The molecule has 0 bridgehead atoms. The van der Waals surface area contributed by atoms with E-state index in [0.29, 0.717) is 35.1 Å². The van der Waals surface area contributed by atoms with Gasteiger partial charge in [0.15, 0.2) is 18.1 Å². The summed E-state index contributed by atoms with van der Waals surface area (Å²) in [5, 5.41) is 0.517. The van der Waals surface area contributed by atoms with Gasteiger partial charge in [-0.25, -0.2) is 8.42 Å². The molecule has 0 atom stereocenters. The van der Waals surface area contributed by atoms with Crippen molar-refractivity contribution in [2.24, 2.45) is 0 Å². The normalized spacial score (nSPS) is 15.4. The molecule has 2 heterocycles. The number of ether oxygens (including phenoxy) is 3. The standard InChI is InChI=1S/C27H28ClN3O6S/c1-19-14-23(38(33,34)29-22-5-3-21(28)4-6-22)7-9-24(19)35-17-27(32)31-12-10-30(11-13-31)16-20-2-8-25-26(15-20)37-18-36-25/h2-9,14-15,29H,10-13,16-18H2,1H3. The van der Waals surface area contributed by atoms with Gasteiger partial charge in [-0.15, -0.1) is 0 Å². The van der Waals surface area contributed by atoms with E-state index in [9.17, 15) is 13.2 Å². The first kappa shape index (κ1) is 26.1. The summed E-state index contributed by atoms with van der Waals surface area (Å²) in [5.74, 6) is 1.90. The quantitative estimate of drug-likeness (QED) is 0.448. The number of aryl methyl sites for hydroxylation is 1. The van der Waals surface area contributed by atoms with Crippen molar-refractivity contribution in [1.82, 2.24) is 9.80 Å². The van der Waals surface area contributed by atoms with E-state index in [-0.39, 0.29) is 24.2 Å². The van der Waals surface area contributed by atoms with E-state index in [4.69, 9.17) is 25.8 Å². The second kappa shape index (κ2) is 11.1. The summed E-state index contributed by atoms with van der Waals surface area (Å²) in [5.41, 5.74) is 2.17. The van der Waals surface area contributed by atoms with Crippen molar-refractivity contribution in [1.29, 1.82) is 0 Å². The number of amides is 1. The SMILES string of the molecule is Cc1cc(S(=O)(=O)Nc2ccc(Cl)cc2)ccc1OCC(=O)N1CCN(Cc2ccc3c(c2)OCO3)CC1. The third-order valence-corrected chi connectivity index (χ3v) is 8.10. The smallest absolute Gasteiger partial charge is 0.261 e. The molecule has 1 fully saturated rings. The highest BCUT2D eigenvalue weighted by atomic mass is 35.5. The van der Waals surface area contributed by atoms with E-state index in [1.54, 1.807) is 42.2 Å². The Morgan fingerprint density at radius 1 is 0.974 bits per heavy atom. The number of nitrogens with one attached hydrogen (secondary N) is 1. The van der Waals surface area contributed by atoms with E-state index in [0.717, 1.165) is 36.7 Å². The molecule has 1 amide bonds. The summed E-state index contributed by atoms with van der Waals surface area (Å²) >= 11 is 5.86. The van der Waals surface area contributed by atoms with Crippen LogP contribution in [0.4, 0.5) is 5.69 Å². The van der Waals surface area contributed by atoms with Crippen molar-refractivity contribution in [3.63, 3.8) is 0 Å². The summed E-state index contributed by atoms with van der Waals surface area (Å²) < 4.78 is 44.6. The summed E-state index contributed by atoms with van der Waals surface area (Å²) in [6.45, 7) is 5.40. The van der Waals surface area contributed by atoms with Crippen LogP contribution in [0, 0.1) is 6.92 Å². The van der Waals surface area contributed by atoms with Crippen LogP contribution in [0.3, 0.4) is 0 Å². The van der Waals surface area contributed by atoms with Crippen molar-refractivity contribution in [2.45, 2.75) is 18.4 Å². The monoisotopic (exact) mass is 557 g/mol. The van der Waals surface area contributed by atoms with Crippen LogP contribution in [0.25, 0.3) is 0 Å². The maximum atomic E-state index is 12.8. The first-order valence-electron chi connectivity index (χ1n) is 12.2. The first-order chi connectivity index (χ1) is 18.3. The molecule has 11 heteroatoms. The number of carbonyl (C=O) groups is 1. The minimum Gasteiger partial charge on any atom is -0.483 e. The van der Waals surface area contributed by atoms with Crippen LogP contribution in [-0.2, 0) is 21.4 Å². The Kier molecular flexibility index (Phi) is 7.64. The number of carbonyl (C=O) groups excluding carboxylic acids is 1. The number of halogens is 1. The third-order valence-electron chi connectivity index (χ3n) is 6.47. The molecule has 38 heavy (non-hydrogen) atoms. The van der Waals surface area contributed by atoms with E-state index >= 15 is 0 Å². The zero-order valence-corrected chi connectivity index (χ0v) is 22.4. The average Bonchev–Trinajstić information content (AvgIpc) is 3.37. The molecule has 1 saturated heterocycles. The number of hydrogen-bond donors (Lipinski definition) is 1. The predicted molar refractivity (Wildman–Crippen MR) is 143 cm³/mol. The molecule has 0 aromatic heterocycles. The Bertz CT molecular complexity index is 1420. The fourth-order valence-corrected chi connectivity index (χ4v) is 5.64. The summed E-state index contributed by atoms with van der Waals surface area (Å²) in [7, 11) is -3.79. The highest BCUT2D eigenvalue weighted by Crippen LogP contribution is 2.33. The number of sulfonamides is 1. The highest BCUT2D eigenvalue weighted by Gasteiger charge is 2.23. The molecule has 0 radical (unpaired) electrons. The van der Waals surface area contributed by atoms with Crippen LogP contribution >= 0.6 is 11.6 Å². The number of fused-ring (bicyclic) bond motifs is 1. The second-order valence-corrected chi connectivity index (χ2v) is 11.3. The van der Waals surface area contributed by atoms with Gasteiger partial charge in [0, 0.05) is 43.4 Å². The molecule has 0 spiro atoms. The Morgan fingerprint density at radius 3 is 2.45 bits per heavy atom. The van der Waals surface area contributed by atoms with Gasteiger partial charge in [-0.05, 0) is 72.6 Å². The number of nitrogens with zero attached hydrogens (tertiary/aromatic N) is 2. The largest absolute Gasteiger partial charge is 0.483 e. The molecule has 3 aromatic rings. The van der Waals surface area contributed by atoms with E-state index in [2.05, 4.69) is 9.62 Å². The molecule has 2 aliphatic heterocycles. The molecule has 1 N–H and O–H groups in total. The number of benzene rings is 3. The van der Waals surface area contributed by atoms with Gasteiger partial charge in [-0.3, -0.25) is 14.4 Å². The minimum absolute atomic E-state index is 0.0993. The fraction of sp³-hybridized carbons (Fsp3) is 0.296. The number of anilines is 1. The zero-order valence-electron chi connectivity index (χ0n) is 20.9. The fourth-order valence-electron chi connectivity index (χ4n) is 4.37. The van der Waals surface area contributed by atoms with E-state index < -0.39 is 10.0 Å². The van der Waals surface area contributed by atoms with Crippen molar-refractivity contribution in [3.8, 4) is 17.2 Å². The van der Waals surface area contributed by atoms with Gasteiger partial charge in [0.1, 0.15) is 5.75 Å². The van der Waals surface area contributed by atoms with Crippen LogP contribution in [-0.4, -0.2) is 63.7 Å². The van der Waals surface area contributed by atoms with Crippen LogP contribution in [0.15, 0.2) is 65.6 Å². The average molecular weight is 558 g/mol. The molecule has 200 valence electrons. The van der Waals surface area contributed by atoms with Gasteiger partial charge in [0.25, 0.3) is 15.9 Å². The summed E-state index contributed by atoms with van der Waals surface area (Å²) in [4.78, 5) is 17.0. The van der Waals surface area contributed by atoms with Crippen LogP contribution in [0.5, 0.6) is 17.2 Å². The van der Waals surface area contributed by atoms with Crippen LogP contribution < -0.4 is 18.9 Å². The van der Waals surface area contributed by atoms with Crippen molar-refractivity contribution >= 4 is 33.2 Å². The lowest BCUT2D eigenvalue weighted by Gasteiger charge is -2.34. The highest BCUT2D eigenvalue weighted by molar-refractivity contribution is 7.92. The number of piperazine rings is 1. The van der Waals surface area contributed by atoms with Gasteiger partial charge in [0.2, 0.25) is 6.79 Å². The maximum absolute atomic E-state index is 12.8. The lowest BCUT2D eigenvalue weighted by molar-refractivity contribution is -0.135. The molecule has 0 aliphatic carbocycles. The van der Waals surface area contributed by atoms with Gasteiger partial charge >= 0.3 is 0 Å². The Morgan fingerprint density at radius 2 is 1.71 bits per heavy atom. The minimum atomic E-state index is -3.79. The first-order valence-corrected chi connectivity index (χ1v) is 14.0. The van der Waals surface area contributed by atoms with E-state index in [1.807, 2.05) is 18.2 Å². The van der Waals surface area contributed by atoms with Gasteiger partial charge in [-0.2, -0.15) is 0 Å². The molecule has 9 nitrogen and oxygen atoms in total. The lowest BCUT2D eigenvalue weighted by Crippen LogP contribution is -2.49. The van der Waals surface area contributed by atoms with Crippen molar-refractivity contribution in [3.05, 3.63) is 76.8 Å². The van der Waals surface area contributed by atoms with E-state index in [1.165, 1.54) is 12.1 Å². The van der Waals surface area contributed by atoms with Crippen LogP contribution in [0.2, 0.25) is 5.02 Å². The molecule has 2 aliphatic rings. The van der Waals surface area contributed by atoms with Crippen LogP contribution in [0.1, 0.15) is 11.1 Å². The molecule has 3 aromatic carbocycles. The number of rotatable bonds is 8. The summed E-state index contributed by atoms with van der Waals surface area (Å²) in [6.07, 6.45) is 0. The second-order valence-electron chi connectivity index (χ2n) is 9.17. The zero-order chi connectivity index (χ0) is 26.7. The molecule has 5 rings (SSSR count). The Labute approximate surface area is 226 Å². The topological polar surface area (TPSA) is 97.4 Å². The third kappa shape index (κ3) is 6.15. The van der Waals surface area contributed by atoms with Gasteiger partial charge in [-0.1, -0.05) is 17.7 Å². The lowest BCUT2D eigenvalue weighted by atomic mass is 10.1. The summed E-state index contributed by atoms with van der Waals surface area (Å²) in [6, 6.07) is 16.9. The molecule has 0 unspecified atom stereocenters. The van der Waals surface area contributed by atoms with Crippen molar-refractivity contribution < 1.29 is 27.4 Å². The molecule has 0 saturated carbocycles. The van der Waals surface area contributed by atoms with Gasteiger partial charge < -0.3 is 19.1 Å². The van der Waals surface area contributed by atoms with Gasteiger partial charge in [0.05, 0.1) is 4.90 Å². The molecular weight excluding hydrogens is 530 g/mol. The molecular formula is C27H28ClN3O6S. The number of hydrogen-bond acceptors (Lipinski definition) is 7. The Balaban J connectivity index is 1.11. The van der Waals surface area contributed by atoms with Crippen molar-refractivity contribution in [2.75, 3.05) is 44.3 Å². The maximum Gasteiger partial charge on any atom is 0.261 e. The Hall–Kier alpha value is -3.47.